The second-order valence-electron chi connectivity index (χ2n) is 7.24. The molecular formula is C21H25N3O4. The molecule has 0 spiro atoms. The molecule has 1 saturated heterocycles. The minimum Gasteiger partial charge on any atom is -0.465 e. The molecule has 7 heteroatoms. The number of morpholine rings is 1. The number of hydrogen-bond donors (Lipinski definition) is 1. The van der Waals surface area contributed by atoms with Crippen LogP contribution in [0.2, 0.25) is 0 Å². The number of aryl methyl sites for hydroxylation is 2. The zero-order valence-corrected chi connectivity index (χ0v) is 16.1. The van der Waals surface area contributed by atoms with Crippen molar-refractivity contribution < 1.29 is 18.7 Å². The summed E-state index contributed by atoms with van der Waals surface area (Å²) in [6.07, 6.45) is 3.72. The van der Waals surface area contributed by atoms with E-state index in [1.165, 1.54) is 0 Å². The van der Waals surface area contributed by atoms with Crippen LogP contribution in [0.4, 0.5) is 0 Å². The molecule has 28 heavy (non-hydrogen) atoms. The Hall–Kier alpha value is -2.51. The lowest BCUT2D eigenvalue weighted by atomic mass is 9.93. The van der Waals surface area contributed by atoms with Crippen molar-refractivity contribution in [2.45, 2.75) is 32.2 Å². The number of furan rings is 1. The van der Waals surface area contributed by atoms with Crippen LogP contribution < -0.4 is 5.32 Å². The quantitative estimate of drug-likeness (QED) is 0.853. The monoisotopic (exact) mass is 383 g/mol. The Bertz CT molecular complexity index is 856. The van der Waals surface area contributed by atoms with E-state index in [-0.39, 0.29) is 17.7 Å². The van der Waals surface area contributed by atoms with Gasteiger partial charge in [-0.05, 0) is 25.5 Å². The van der Waals surface area contributed by atoms with Crippen molar-refractivity contribution in [3.63, 3.8) is 0 Å². The maximum Gasteiger partial charge on any atom is 0.255 e. The van der Waals surface area contributed by atoms with E-state index in [1.807, 2.05) is 18.2 Å². The van der Waals surface area contributed by atoms with Gasteiger partial charge in [0.1, 0.15) is 11.5 Å². The maximum atomic E-state index is 13.0. The molecule has 1 aliphatic carbocycles. The molecule has 1 fully saturated rings. The van der Waals surface area contributed by atoms with Gasteiger partial charge in [0.2, 0.25) is 0 Å². The summed E-state index contributed by atoms with van der Waals surface area (Å²) in [6, 6.07) is 5.76. The predicted molar refractivity (Wildman–Crippen MR) is 102 cm³/mol. The predicted octanol–water partition coefficient (Wildman–Crippen LogP) is 2.31. The van der Waals surface area contributed by atoms with Gasteiger partial charge in [0.25, 0.3) is 5.91 Å². The summed E-state index contributed by atoms with van der Waals surface area (Å²) >= 11 is 0. The molecule has 4 rings (SSSR count). The lowest BCUT2D eigenvalue weighted by Crippen LogP contribution is -2.44. The number of nitrogens with zero attached hydrogens (tertiary/aromatic N) is 2. The van der Waals surface area contributed by atoms with Crippen LogP contribution in [0.3, 0.4) is 0 Å². The number of pyridine rings is 1. The van der Waals surface area contributed by atoms with E-state index < -0.39 is 0 Å². The highest BCUT2D eigenvalue weighted by atomic mass is 16.5. The smallest absolute Gasteiger partial charge is 0.255 e. The minimum absolute atomic E-state index is 0.00212. The molecule has 1 amide bonds. The summed E-state index contributed by atoms with van der Waals surface area (Å²) in [7, 11) is 0. The van der Waals surface area contributed by atoms with Gasteiger partial charge in [-0.15, -0.1) is 0 Å². The van der Waals surface area contributed by atoms with Crippen molar-refractivity contribution in [1.82, 2.24) is 15.2 Å². The molecule has 1 atom stereocenters. The minimum atomic E-state index is -0.257. The average Bonchev–Trinajstić information content (AvgIpc) is 3.07. The van der Waals surface area contributed by atoms with Crippen molar-refractivity contribution in [1.29, 1.82) is 0 Å². The highest BCUT2D eigenvalue weighted by Gasteiger charge is 2.31. The Kier molecular flexibility index (Phi) is 5.54. The van der Waals surface area contributed by atoms with Gasteiger partial charge >= 0.3 is 0 Å². The standard InChI is InChI=1S/C21H25N3O4/c1-14-19(20-17(25)6-4-7-18(20)28-14)21(26)23-13-16(15-5-2-3-8-22-15)24-9-11-27-12-10-24/h2-3,5,8,16H,4,6-7,9-13H2,1H3,(H,23,26)/t16-/m0/s1. The fourth-order valence-corrected chi connectivity index (χ4v) is 4.04. The van der Waals surface area contributed by atoms with E-state index in [1.54, 1.807) is 13.1 Å². The Balaban J connectivity index is 1.54. The molecule has 0 unspecified atom stereocenters. The number of ether oxygens (including phenoxy) is 1. The van der Waals surface area contributed by atoms with Gasteiger partial charge < -0.3 is 14.5 Å². The third-order valence-corrected chi connectivity index (χ3v) is 5.44. The molecule has 148 valence electrons. The van der Waals surface area contributed by atoms with E-state index in [9.17, 15) is 9.59 Å². The summed E-state index contributed by atoms with van der Waals surface area (Å²) in [6.45, 7) is 5.06. The zero-order chi connectivity index (χ0) is 19.5. The number of carbonyl (C=O) groups is 2. The van der Waals surface area contributed by atoms with Crippen LogP contribution in [0.1, 0.15) is 56.8 Å². The molecule has 2 aliphatic rings. The van der Waals surface area contributed by atoms with Crippen LogP contribution in [-0.2, 0) is 11.2 Å². The number of carbonyl (C=O) groups excluding carboxylic acids is 2. The third kappa shape index (κ3) is 3.72. The number of hydrogen-bond acceptors (Lipinski definition) is 6. The molecule has 0 bridgehead atoms. The van der Waals surface area contributed by atoms with Gasteiger partial charge in [-0.2, -0.15) is 0 Å². The number of aromatic nitrogens is 1. The molecular weight excluding hydrogens is 358 g/mol. The molecule has 1 N–H and O–H groups in total. The molecule has 3 heterocycles. The maximum absolute atomic E-state index is 13.0. The summed E-state index contributed by atoms with van der Waals surface area (Å²) in [4.78, 5) is 32.1. The first-order chi connectivity index (χ1) is 13.6. The summed E-state index contributed by atoms with van der Waals surface area (Å²) in [5, 5.41) is 3.02. The summed E-state index contributed by atoms with van der Waals surface area (Å²) in [5.41, 5.74) is 1.77. The number of amides is 1. The molecule has 0 radical (unpaired) electrons. The van der Waals surface area contributed by atoms with E-state index in [4.69, 9.17) is 9.15 Å². The molecule has 1 aliphatic heterocycles. The van der Waals surface area contributed by atoms with E-state index in [0.29, 0.717) is 55.2 Å². The van der Waals surface area contributed by atoms with Gasteiger partial charge in [0, 0.05) is 38.7 Å². The van der Waals surface area contributed by atoms with E-state index >= 15 is 0 Å². The zero-order valence-electron chi connectivity index (χ0n) is 16.1. The SMILES string of the molecule is Cc1oc2c(c1C(=O)NC[C@@H](c1ccccn1)N1CCOCC1)C(=O)CCC2. The molecule has 0 aromatic carbocycles. The molecule has 2 aromatic rings. The van der Waals surface area contributed by atoms with Crippen LogP contribution in [-0.4, -0.2) is 54.4 Å². The molecule has 0 saturated carbocycles. The normalized spacial score (nSPS) is 18.5. The highest BCUT2D eigenvalue weighted by molar-refractivity contribution is 6.10. The van der Waals surface area contributed by atoms with Gasteiger partial charge in [-0.1, -0.05) is 6.07 Å². The van der Waals surface area contributed by atoms with E-state index in [0.717, 1.165) is 25.2 Å². The van der Waals surface area contributed by atoms with E-state index in [2.05, 4.69) is 15.2 Å². The number of rotatable bonds is 5. The first-order valence-corrected chi connectivity index (χ1v) is 9.81. The fourth-order valence-electron chi connectivity index (χ4n) is 4.04. The van der Waals surface area contributed by atoms with Crippen molar-refractivity contribution in [2.75, 3.05) is 32.8 Å². The Morgan fingerprint density at radius 3 is 2.86 bits per heavy atom. The average molecular weight is 383 g/mol. The number of nitrogens with one attached hydrogen (secondary N) is 1. The van der Waals surface area contributed by atoms with Crippen LogP contribution >= 0.6 is 0 Å². The lowest BCUT2D eigenvalue weighted by Gasteiger charge is -2.34. The summed E-state index contributed by atoms with van der Waals surface area (Å²) in [5.74, 6) is 0.900. The lowest BCUT2D eigenvalue weighted by molar-refractivity contribution is 0.0153. The van der Waals surface area contributed by atoms with Gasteiger partial charge in [0.15, 0.2) is 5.78 Å². The van der Waals surface area contributed by atoms with Crippen molar-refractivity contribution in [2.24, 2.45) is 0 Å². The second kappa shape index (κ2) is 8.24. The van der Waals surface area contributed by atoms with Crippen LogP contribution in [0.25, 0.3) is 0 Å². The van der Waals surface area contributed by atoms with Crippen LogP contribution in [0.5, 0.6) is 0 Å². The number of Topliss-reactive ketones (excluding diaryl/α,β-unsaturated/α-hetero) is 1. The van der Waals surface area contributed by atoms with Crippen LogP contribution in [0.15, 0.2) is 28.8 Å². The number of ketones is 1. The summed E-state index contributed by atoms with van der Waals surface area (Å²) < 4.78 is 11.2. The van der Waals surface area contributed by atoms with Crippen molar-refractivity contribution in [3.05, 3.63) is 52.7 Å². The van der Waals surface area contributed by atoms with Crippen molar-refractivity contribution in [3.8, 4) is 0 Å². The Morgan fingerprint density at radius 2 is 2.11 bits per heavy atom. The molecule has 2 aromatic heterocycles. The largest absolute Gasteiger partial charge is 0.465 e. The van der Waals surface area contributed by atoms with Gasteiger partial charge in [-0.25, -0.2) is 0 Å². The Morgan fingerprint density at radius 1 is 1.29 bits per heavy atom. The van der Waals surface area contributed by atoms with Gasteiger partial charge in [-0.3, -0.25) is 19.5 Å². The first-order valence-electron chi connectivity index (χ1n) is 9.81. The second-order valence-corrected chi connectivity index (χ2v) is 7.24. The van der Waals surface area contributed by atoms with Gasteiger partial charge in [0.05, 0.1) is 36.1 Å². The van der Waals surface area contributed by atoms with Crippen molar-refractivity contribution >= 4 is 11.7 Å². The fraction of sp³-hybridized carbons (Fsp3) is 0.476. The highest BCUT2D eigenvalue weighted by Crippen LogP contribution is 2.29. The Labute approximate surface area is 164 Å². The topological polar surface area (TPSA) is 84.7 Å². The van der Waals surface area contributed by atoms with Crippen LogP contribution in [0, 0.1) is 6.92 Å². The molecule has 7 nitrogen and oxygen atoms in total. The number of fused-ring (bicyclic) bond motifs is 1. The first kappa shape index (κ1) is 18.8. The third-order valence-electron chi connectivity index (χ3n) is 5.44.